The van der Waals surface area contributed by atoms with Gasteiger partial charge in [0, 0.05) is 0 Å². The van der Waals surface area contributed by atoms with Crippen molar-refractivity contribution in [1.29, 1.82) is 0 Å². The fourth-order valence-electron chi connectivity index (χ4n) is 1.01. The molecule has 0 heterocycles. The van der Waals surface area contributed by atoms with E-state index in [1.54, 1.807) is 21.1 Å². The lowest BCUT2D eigenvalue weighted by atomic mass is 10.3. The first-order chi connectivity index (χ1) is 7.02. The zero-order valence-corrected chi connectivity index (χ0v) is 10.0. The summed E-state index contributed by atoms with van der Waals surface area (Å²) in [6.07, 6.45) is 0.0333. The van der Waals surface area contributed by atoms with Crippen molar-refractivity contribution in [3.63, 3.8) is 0 Å². The Bertz CT molecular complexity index is 185. The van der Waals surface area contributed by atoms with Crippen LogP contribution >= 0.6 is 0 Å². The lowest BCUT2D eigenvalue weighted by molar-refractivity contribution is -0.170. The van der Waals surface area contributed by atoms with E-state index in [1.807, 2.05) is 13.8 Å². The highest BCUT2D eigenvalue weighted by atomic mass is 16.7. The van der Waals surface area contributed by atoms with Gasteiger partial charge in [-0.1, -0.05) is 0 Å². The van der Waals surface area contributed by atoms with Gasteiger partial charge in [0.25, 0.3) is 0 Å². The Kier molecular flexibility index (Phi) is 6.42. The third-order valence-corrected chi connectivity index (χ3v) is 2.02. The smallest absolute Gasteiger partial charge is 0.359 e. The maximum atomic E-state index is 11.7. The van der Waals surface area contributed by atoms with Crippen LogP contribution in [0.2, 0.25) is 0 Å². The van der Waals surface area contributed by atoms with Crippen molar-refractivity contribution in [3.8, 4) is 0 Å². The van der Waals surface area contributed by atoms with Crippen LogP contribution in [-0.2, 0) is 14.3 Å². The molecule has 0 unspecified atom stereocenters. The summed E-state index contributed by atoms with van der Waals surface area (Å²) in [5, 5.41) is 8.40. The van der Waals surface area contributed by atoms with Crippen molar-refractivity contribution in [2.75, 3.05) is 27.9 Å². The third kappa shape index (κ3) is 4.13. The SMILES string of the molecule is CNC(NC)(NC)C(=O)OCOC(C)C. The number of esters is 1. The number of rotatable bonds is 7. The lowest BCUT2D eigenvalue weighted by Gasteiger charge is -2.29. The molecule has 0 aromatic rings. The van der Waals surface area contributed by atoms with Gasteiger partial charge in [0.05, 0.1) is 6.10 Å². The topological polar surface area (TPSA) is 71.6 Å². The van der Waals surface area contributed by atoms with Crippen LogP contribution in [0, 0.1) is 0 Å². The largest absolute Gasteiger partial charge is 0.435 e. The first kappa shape index (κ1) is 14.3. The first-order valence-corrected chi connectivity index (χ1v) is 4.88. The number of carbonyl (C=O) groups excluding carboxylic acids is 1. The van der Waals surface area contributed by atoms with Crippen LogP contribution in [0.5, 0.6) is 0 Å². The van der Waals surface area contributed by atoms with E-state index < -0.39 is 11.8 Å². The highest BCUT2D eigenvalue weighted by Gasteiger charge is 2.35. The summed E-state index contributed by atoms with van der Waals surface area (Å²) in [5.74, 6) is -1.53. The summed E-state index contributed by atoms with van der Waals surface area (Å²) in [6, 6.07) is 0. The fourth-order valence-corrected chi connectivity index (χ4v) is 1.01. The predicted molar refractivity (Wildman–Crippen MR) is 57.1 cm³/mol. The van der Waals surface area contributed by atoms with Gasteiger partial charge >= 0.3 is 5.97 Å². The van der Waals surface area contributed by atoms with Crippen LogP contribution in [0.25, 0.3) is 0 Å². The molecular formula is C9H21N3O3. The molecule has 0 aromatic carbocycles. The molecule has 0 rings (SSSR count). The molecule has 6 nitrogen and oxygen atoms in total. The quantitative estimate of drug-likeness (QED) is 0.385. The van der Waals surface area contributed by atoms with Gasteiger partial charge < -0.3 is 9.47 Å². The Morgan fingerprint density at radius 1 is 1.20 bits per heavy atom. The van der Waals surface area contributed by atoms with Gasteiger partial charge in [-0.25, -0.2) is 4.79 Å². The second-order valence-electron chi connectivity index (χ2n) is 3.27. The highest BCUT2D eigenvalue weighted by Crippen LogP contribution is 1.98. The summed E-state index contributed by atoms with van der Waals surface area (Å²) in [6.45, 7) is 3.69. The number of likely N-dealkylation sites (N-methyl/N-ethyl adjacent to an activating group) is 3. The van der Waals surface area contributed by atoms with Gasteiger partial charge in [0.15, 0.2) is 6.79 Å². The van der Waals surface area contributed by atoms with Gasteiger partial charge in [0.1, 0.15) is 0 Å². The van der Waals surface area contributed by atoms with Crippen molar-refractivity contribution in [2.45, 2.75) is 25.7 Å². The standard InChI is InChI=1S/C9H21N3O3/c1-7(2)14-6-15-8(13)9(10-3,11-4)12-5/h7,10-12H,6H2,1-5H3. The highest BCUT2D eigenvalue weighted by molar-refractivity contribution is 5.79. The van der Waals surface area contributed by atoms with E-state index >= 15 is 0 Å². The number of hydrogen-bond acceptors (Lipinski definition) is 6. The maximum absolute atomic E-state index is 11.7. The van der Waals surface area contributed by atoms with E-state index in [1.165, 1.54) is 0 Å². The molecule has 0 aliphatic heterocycles. The van der Waals surface area contributed by atoms with E-state index in [9.17, 15) is 4.79 Å². The summed E-state index contributed by atoms with van der Waals surface area (Å²) < 4.78 is 10.1. The van der Waals surface area contributed by atoms with Gasteiger partial charge in [0.2, 0.25) is 5.79 Å². The molecule has 0 amide bonds. The van der Waals surface area contributed by atoms with Crippen molar-refractivity contribution < 1.29 is 14.3 Å². The molecule has 0 aliphatic carbocycles. The summed E-state index contributed by atoms with van der Waals surface area (Å²) in [7, 11) is 4.95. The van der Waals surface area contributed by atoms with Crippen LogP contribution in [0.4, 0.5) is 0 Å². The Morgan fingerprint density at radius 2 is 1.67 bits per heavy atom. The van der Waals surface area contributed by atoms with Gasteiger partial charge in [-0.05, 0) is 35.0 Å². The minimum absolute atomic E-state index is 0.0333. The molecule has 0 fully saturated rings. The van der Waals surface area contributed by atoms with Crippen LogP contribution < -0.4 is 16.0 Å². The van der Waals surface area contributed by atoms with Crippen LogP contribution in [0.1, 0.15) is 13.8 Å². The molecule has 0 spiro atoms. The number of carbonyl (C=O) groups is 1. The second kappa shape index (κ2) is 6.73. The van der Waals surface area contributed by atoms with Crippen molar-refractivity contribution in [2.24, 2.45) is 0 Å². The molecule has 0 bridgehead atoms. The fraction of sp³-hybridized carbons (Fsp3) is 0.889. The minimum atomic E-state index is -1.07. The second-order valence-corrected chi connectivity index (χ2v) is 3.27. The molecule has 6 heteroatoms. The minimum Gasteiger partial charge on any atom is -0.435 e. The molecule has 0 saturated heterocycles. The van der Waals surface area contributed by atoms with Crippen LogP contribution in [0.3, 0.4) is 0 Å². The number of ether oxygens (including phenoxy) is 2. The average molecular weight is 219 g/mol. The molecular weight excluding hydrogens is 198 g/mol. The number of nitrogens with one attached hydrogen (secondary N) is 3. The lowest BCUT2D eigenvalue weighted by Crippen LogP contribution is -2.69. The molecule has 0 saturated carbocycles. The average Bonchev–Trinajstić information content (AvgIpc) is 2.21. The monoisotopic (exact) mass is 219 g/mol. The van der Waals surface area contributed by atoms with E-state index in [0.717, 1.165) is 0 Å². The van der Waals surface area contributed by atoms with Gasteiger partial charge in [-0.15, -0.1) is 0 Å². The Morgan fingerprint density at radius 3 is 2.00 bits per heavy atom. The zero-order chi connectivity index (χ0) is 11.9. The third-order valence-electron chi connectivity index (χ3n) is 2.02. The molecule has 90 valence electrons. The van der Waals surface area contributed by atoms with Crippen molar-refractivity contribution in [1.82, 2.24) is 16.0 Å². The number of hydrogen-bond donors (Lipinski definition) is 3. The van der Waals surface area contributed by atoms with Crippen LogP contribution in [0.15, 0.2) is 0 Å². The molecule has 0 atom stereocenters. The Labute approximate surface area is 90.7 Å². The van der Waals surface area contributed by atoms with E-state index in [-0.39, 0.29) is 12.9 Å². The normalized spacial score (nSPS) is 11.9. The summed E-state index contributed by atoms with van der Waals surface area (Å²) >= 11 is 0. The molecule has 0 aliphatic rings. The molecule has 3 N–H and O–H groups in total. The predicted octanol–water partition coefficient (Wildman–Crippen LogP) is -0.776. The molecule has 15 heavy (non-hydrogen) atoms. The van der Waals surface area contributed by atoms with Crippen molar-refractivity contribution in [3.05, 3.63) is 0 Å². The maximum Gasteiger partial charge on any atom is 0.359 e. The van der Waals surface area contributed by atoms with Gasteiger partial charge in [-0.3, -0.25) is 16.0 Å². The van der Waals surface area contributed by atoms with Crippen molar-refractivity contribution >= 4 is 5.97 Å². The summed E-state index contributed by atoms with van der Waals surface area (Å²) in [5.41, 5.74) is 0. The van der Waals surface area contributed by atoms with E-state index in [0.29, 0.717) is 0 Å². The Hall–Kier alpha value is -0.690. The zero-order valence-electron chi connectivity index (χ0n) is 10.0. The van der Waals surface area contributed by atoms with E-state index in [2.05, 4.69) is 16.0 Å². The van der Waals surface area contributed by atoms with Crippen LogP contribution in [-0.4, -0.2) is 45.8 Å². The first-order valence-electron chi connectivity index (χ1n) is 4.88. The van der Waals surface area contributed by atoms with Gasteiger partial charge in [-0.2, -0.15) is 0 Å². The van der Waals surface area contributed by atoms with E-state index in [4.69, 9.17) is 9.47 Å². The summed E-state index contributed by atoms with van der Waals surface area (Å²) in [4.78, 5) is 11.7. The Balaban J connectivity index is 4.15. The molecule has 0 aromatic heterocycles. The molecule has 0 radical (unpaired) electrons.